The molecule has 0 bridgehead atoms. The molecule has 1 atom stereocenters. The predicted octanol–water partition coefficient (Wildman–Crippen LogP) is 1.67. The third kappa shape index (κ3) is 2.81. The summed E-state index contributed by atoms with van der Waals surface area (Å²) < 4.78 is 10.3. The summed E-state index contributed by atoms with van der Waals surface area (Å²) in [5.41, 5.74) is 7.71. The van der Waals surface area contributed by atoms with E-state index in [1.54, 1.807) is 6.07 Å². The van der Waals surface area contributed by atoms with E-state index in [9.17, 15) is 4.79 Å². The van der Waals surface area contributed by atoms with E-state index in [4.69, 9.17) is 15.2 Å². The Morgan fingerprint density at radius 3 is 3.05 bits per heavy atom. The second kappa shape index (κ2) is 5.93. The van der Waals surface area contributed by atoms with E-state index in [2.05, 4.69) is 11.8 Å². The smallest absolute Gasteiger partial charge is 0.340 e. The van der Waals surface area contributed by atoms with Crippen molar-refractivity contribution in [2.45, 2.75) is 19.4 Å². The highest BCUT2D eigenvalue weighted by Crippen LogP contribution is 2.28. The Labute approximate surface area is 113 Å². The van der Waals surface area contributed by atoms with E-state index in [0.717, 1.165) is 18.7 Å². The van der Waals surface area contributed by atoms with Crippen molar-refractivity contribution in [2.75, 3.05) is 37.5 Å². The first-order valence-corrected chi connectivity index (χ1v) is 6.49. The van der Waals surface area contributed by atoms with Gasteiger partial charge in [0.2, 0.25) is 0 Å². The van der Waals surface area contributed by atoms with Crippen molar-refractivity contribution in [3.63, 3.8) is 0 Å². The van der Waals surface area contributed by atoms with Gasteiger partial charge in [0.25, 0.3) is 0 Å². The number of nitrogens with zero attached hydrogens (tertiary/aromatic N) is 1. The Morgan fingerprint density at radius 1 is 1.58 bits per heavy atom. The molecule has 1 aliphatic rings. The monoisotopic (exact) mass is 264 g/mol. The second-order valence-corrected chi connectivity index (χ2v) is 4.60. The van der Waals surface area contributed by atoms with Crippen molar-refractivity contribution in [3.8, 4) is 0 Å². The minimum atomic E-state index is -0.358. The van der Waals surface area contributed by atoms with E-state index < -0.39 is 0 Å². The summed E-state index contributed by atoms with van der Waals surface area (Å²) in [5.74, 6) is -0.358. The van der Waals surface area contributed by atoms with Crippen LogP contribution in [-0.4, -0.2) is 38.9 Å². The van der Waals surface area contributed by atoms with Gasteiger partial charge in [-0.1, -0.05) is 6.92 Å². The molecule has 0 radical (unpaired) electrons. The number of hydrogen-bond acceptors (Lipinski definition) is 5. The molecule has 0 aliphatic carbocycles. The number of rotatable bonds is 3. The van der Waals surface area contributed by atoms with E-state index in [1.165, 1.54) is 7.11 Å². The third-order valence-corrected chi connectivity index (χ3v) is 3.43. The molecule has 1 aromatic carbocycles. The zero-order chi connectivity index (χ0) is 13.8. The maximum absolute atomic E-state index is 11.9. The van der Waals surface area contributed by atoms with Gasteiger partial charge in [-0.15, -0.1) is 0 Å². The number of anilines is 2. The van der Waals surface area contributed by atoms with Crippen LogP contribution < -0.4 is 10.6 Å². The van der Waals surface area contributed by atoms with E-state index >= 15 is 0 Å². The van der Waals surface area contributed by atoms with Gasteiger partial charge in [0.05, 0.1) is 37.6 Å². The molecule has 0 aromatic heterocycles. The van der Waals surface area contributed by atoms with Crippen LogP contribution >= 0.6 is 0 Å². The fourth-order valence-corrected chi connectivity index (χ4v) is 2.39. The molecule has 2 N–H and O–H groups in total. The first kappa shape index (κ1) is 13.7. The molecule has 5 heteroatoms. The first-order chi connectivity index (χ1) is 9.17. The summed E-state index contributed by atoms with van der Waals surface area (Å²) in [5, 5.41) is 0. The summed E-state index contributed by atoms with van der Waals surface area (Å²) in [7, 11) is 1.38. The number of carbonyl (C=O) groups excluding carboxylic acids is 1. The van der Waals surface area contributed by atoms with Crippen LogP contribution in [0.25, 0.3) is 0 Å². The zero-order valence-electron chi connectivity index (χ0n) is 11.4. The summed E-state index contributed by atoms with van der Waals surface area (Å²) in [4.78, 5) is 14.1. The maximum atomic E-state index is 11.9. The van der Waals surface area contributed by atoms with Crippen LogP contribution in [0.5, 0.6) is 0 Å². The highest BCUT2D eigenvalue weighted by atomic mass is 16.5. The van der Waals surface area contributed by atoms with Gasteiger partial charge in [0.15, 0.2) is 0 Å². The van der Waals surface area contributed by atoms with Gasteiger partial charge in [-0.25, -0.2) is 4.79 Å². The van der Waals surface area contributed by atoms with Crippen LogP contribution in [0, 0.1) is 0 Å². The van der Waals surface area contributed by atoms with Crippen molar-refractivity contribution >= 4 is 17.3 Å². The van der Waals surface area contributed by atoms with Crippen LogP contribution in [0.15, 0.2) is 18.2 Å². The summed E-state index contributed by atoms with van der Waals surface area (Å²) in [6, 6.07) is 5.64. The summed E-state index contributed by atoms with van der Waals surface area (Å²) in [6.07, 6.45) is 0.963. The third-order valence-electron chi connectivity index (χ3n) is 3.43. The average Bonchev–Trinajstić information content (AvgIpc) is 2.46. The van der Waals surface area contributed by atoms with Crippen molar-refractivity contribution in [1.29, 1.82) is 0 Å². The molecule has 0 saturated carbocycles. The van der Waals surface area contributed by atoms with Gasteiger partial charge in [-0.05, 0) is 24.6 Å². The van der Waals surface area contributed by atoms with Gasteiger partial charge in [0.1, 0.15) is 0 Å². The molecule has 5 nitrogen and oxygen atoms in total. The molecule has 2 rings (SSSR count). The fraction of sp³-hybridized carbons (Fsp3) is 0.500. The Morgan fingerprint density at radius 2 is 2.37 bits per heavy atom. The molecule has 1 aliphatic heterocycles. The van der Waals surface area contributed by atoms with Crippen molar-refractivity contribution in [1.82, 2.24) is 0 Å². The minimum absolute atomic E-state index is 0.279. The quantitative estimate of drug-likeness (QED) is 0.664. The van der Waals surface area contributed by atoms with E-state index in [0.29, 0.717) is 24.5 Å². The van der Waals surface area contributed by atoms with Crippen LogP contribution in [-0.2, 0) is 9.47 Å². The maximum Gasteiger partial charge on any atom is 0.340 e. The number of nitrogen functional groups attached to an aromatic ring is 1. The lowest BCUT2D eigenvalue weighted by Gasteiger charge is -2.37. The molecule has 1 aromatic rings. The number of carbonyl (C=O) groups is 1. The van der Waals surface area contributed by atoms with E-state index in [1.807, 2.05) is 12.1 Å². The Hall–Kier alpha value is -1.75. The SMILES string of the molecule is CCC1COCCN1c1ccc(N)cc1C(=O)OC. The predicted molar refractivity (Wildman–Crippen MR) is 74.4 cm³/mol. The molecule has 0 amide bonds. The lowest BCUT2D eigenvalue weighted by atomic mass is 10.1. The number of esters is 1. The van der Waals surface area contributed by atoms with Gasteiger partial charge in [-0.2, -0.15) is 0 Å². The van der Waals surface area contributed by atoms with Crippen LogP contribution in [0.4, 0.5) is 11.4 Å². The van der Waals surface area contributed by atoms with Crippen molar-refractivity contribution in [3.05, 3.63) is 23.8 Å². The fourth-order valence-electron chi connectivity index (χ4n) is 2.39. The summed E-state index contributed by atoms with van der Waals surface area (Å²) >= 11 is 0. The lowest BCUT2D eigenvalue weighted by molar-refractivity contribution is 0.0599. The number of ether oxygens (including phenoxy) is 2. The molecule has 104 valence electrons. The van der Waals surface area contributed by atoms with Crippen LogP contribution in [0.1, 0.15) is 23.7 Å². The number of hydrogen-bond donors (Lipinski definition) is 1. The number of methoxy groups -OCH3 is 1. The standard InChI is InChI=1S/C14H20N2O3/c1-3-11-9-19-7-6-16(11)13-5-4-10(15)8-12(13)14(17)18-2/h4-5,8,11H,3,6-7,9,15H2,1-2H3. The van der Waals surface area contributed by atoms with Crippen LogP contribution in [0.2, 0.25) is 0 Å². The van der Waals surface area contributed by atoms with Crippen LogP contribution in [0.3, 0.4) is 0 Å². The number of nitrogens with two attached hydrogens (primary N) is 1. The largest absolute Gasteiger partial charge is 0.465 e. The molecular formula is C14H20N2O3. The molecular weight excluding hydrogens is 244 g/mol. The molecule has 1 fully saturated rings. The minimum Gasteiger partial charge on any atom is -0.465 e. The van der Waals surface area contributed by atoms with Gasteiger partial charge >= 0.3 is 5.97 Å². The molecule has 1 unspecified atom stereocenters. The zero-order valence-corrected chi connectivity index (χ0v) is 11.4. The molecule has 1 saturated heterocycles. The van der Waals surface area contributed by atoms with Crippen molar-refractivity contribution in [2.24, 2.45) is 0 Å². The first-order valence-electron chi connectivity index (χ1n) is 6.49. The number of benzene rings is 1. The van der Waals surface area contributed by atoms with E-state index in [-0.39, 0.29) is 12.0 Å². The topological polar surface area (TPSA) is 64.8 Å². The highest BCUT2D eigenvalue weighted by Gasteiger charge is 2.25. The van der Waals surface area contributed by atoms with Gasteiger partial charge in [-0.3, -0.25) is 0 Å². The Kier molecular flexibility index (Phi) is 4.27. The lowest BCUT2D eigenvalue weighted by Crippen LogP contribution is -2.45. The average molecular weight is 264 g/mol. The van der Waals surface area contributed by atoms with Crippen molar-refractivity contribution < 1.29 is 14.3 Å². The number of morpholine rings is 1. The molecule has 0 spiro atoms. The Balaban J connectivity index is 2.39. The molecule has 19 heavy (non-hydrogen) atoms. The normalized spacial score (nSPS) is 19.3. The Bertz CT molecular complexity index is 462. The van der Waals surface area contributed by atoms with Gasteiger partial charge in [0, 0.05) is 12.2 Å². The summed E-state index contributed by atoms with van der Waals surface area (Å²) in [6.45, 7) is 4.23. The second-order valence-electron chi connectivity index (χ2n) is 4.60. The van der Waals surface area contributed by atoms with Gasteiger partial charge < -0.3 is 20.1 Å². The molecule has 1 heterocycles. The highest BCUT2D eigenvalue weighted by molar-refractivity contribution is 5.97.